The number of esters is 3. The van der Waals surface area contributed by atoms with E-state index < -0.39 is 23.9 Å². The molecule has 0 radical (unpaired) electrons. The SMILES string of the molecule is COC(=O)c1ccc(C2C(C(=O)OCc3ccccc3)=C(C)N=c3sc(=Cc4ccc(OC(C)=O)cc4)c(=O)n32)cc1. The maximum atomic E-state index is 13.9. The number of thiazole rings is 1. The van der Waals surface area contributed by atoms with Crippen LogP contribution in [-0.4, -0.2) is 29.6 Å². The summed E-state index contributed by atoms with van der Waals surface area (Å²) in [5, 5.41) is 0. The van der Waals surface area contributed by atoms with Crippen molar-refractivity contribution in [3.05, 3.63) is 132 Å². The Morgan fingerprint density at radius 2 is 1.64 bits per heavy atom. The predicted molar refractivity (Wildman–Crippen MR) is 156 cm³/mol. The fourth-order valence-electron chi connectivity index (χ4n) is 4.57. The molecular weight excluding hydrogens is 556 g/mol. The van der Waals surface area contributed by atoms with Crippen molar-refractivity contribution in [1.29, 1.82) is 0 Å². The third-order valence-electron chi connectivity index (χ3n) is 6.54. The molecule has 4 aromatic rings. The summed E-state index contributed by atoms with van der Waals surface area (Å²) < 4.78 is 17.5. The molecule has 10 heteroatoms. The number of aromatic nitrogens is 1. The van der Waals surface area contributed by atoms with Gasteiger partial charge in [0.1, 0.15) is 12.4 Å². The van der Waals surface area contributed by atoms with Crippen LogP contribution in [0.15, 0.2) is 99.9 Å². The van der Waals surface area contributed by atoms with Gasteiger partial charge in [-0.3, -0.25) is 14.2 Å². The summed E-state index contributed by atoms with van der Waals surface area (Å²) in [6, 6.07) is 21.7. The number of methoxy groups -OCH3 is 1. The van der Waals surface area contributed by atoms with Gasteiger partial charge in [-0.05, 0) is 54.0 Å². The molecule has 1 aliphatic heterocycles. The minimum absolute atomic E-state index is 0.0538. The number of ether oxygens (including phenoxy) is 3. The first-order chi connectivity index (χ1) is 20.2. The molecule has 0 fully saturated rings. The van der Waals surface area contributed by atoms with Gasteiger partial charge in [0.15, 0.2) is 4.80 Å². The fourth-order valence-corrected chi connectivity index (χ4v) is 5.61. The first-order valence-electron chi connectivity index (χ1n) is 13.0. The van der Waals surface area contributed by atoms with Gasteiger partial charge in [0.2, 0.25) is 0 Å². The summed E-state index contributed by atoms with van der Waals surface area (Å²) in [4.78, 5) is 55.7. The molecule has 5 rings (SSSR count). The highest BCUT2D eigenvalue weighted by Crippen LogP contribution is 2.31. The van der Waals surface area contributed by atoms with Gasteiger partial charge in [-0.2, -0.15) is 0 Å². The van der Waals surface area contributed by atoms with Gasteiger partial charge < -0.3 is 14.2 Å². The molecule has 0 N–H and O–H groups in total. The molecule has 0 aliphatic carbocycles. The maximum absolute atomic E-state index is 13.9. The fraction of sp³-hybridized carbons (Fsp3) is 0.156. The summed E-state index contributed by atoms with van der Waals surface area (Å²) in [6.07, 6.45) is 1.71. The lowest BCUT2D eigenvalue weighted by molar-refractivity contribution is -0.141. The average molecular weight is 583 g/mol. The number of hydrogen-bond acceptors (Lipinski definition) is 9. The lowest BCUT2D eigenvalue weighted by atomic mass is 9.95. The van der Waals surface area contributed by atoms with Crippen molar-refractivity contribution in [3.8, 4) is 5.75 Å². The van der Waals surface area contributed by atoms with Crippen LogP contribution < -0.4 is 19.6 Å². The third kappa shape index (κ3) is 5.98. The van der Waals surface area contributed by atoms with Crippen molar-refractivity contribution in [2.75, 3.05) is 7.11 Å². The van der Waals surface area contributed by atoms with Crippen LogP contribution in [0.3, 0.4) is 0 Å². The van der Waals surface area contributed by atoms with E-state index >= 15 is 0 Å². The summed E-state index contributed by atoms with van der Waals surface area (Å²) in [5.74, 6) is -1.13. The molecular formula is C32H26N2O7S. The molecule has 0 saturated heterocycles. The molecule has 212 valence electrons. The number of carbonyl (C=O) groups is 3. The van der Waals surface area contributed by atoms with Gasteiger partial charge in [-0.1, -0.05) is 65.9 Å². The number of benzene rings is 3. The van der Waals surface area contributed by atoms with Gasteiger partial charge in [-0.15, -0.1) is 0 Å². The second-order valence-corrected chi connectivity index (χ2v) is 10.4. The number of carbonyl (C=O) groups excluding carboxylic acids is 3. The van der Waals surface area contributed by atoms with Gasteiger partial charge in [0.25, 0.3) is 5.56 Å². The highest BCUT2D eigenvalue weighted by Gasteiger charge is 2.33. The minimum atomic E-state index is -0.843. The van der Waals surface area contributed by atoms with Crippen LogP contribution in [-0.2, 0) is 25.7 Å². The zero-order chi connectivity index (χ0) is 29.8. The van der Waals surface area contributed by atoms with E-state index in [9.17, 15) is 19.2 Å². The van der Waals surface area contributed by atoms with E-state index in [4.69, 9.17) is 14.2 Å². The number of rotatable bonds is 7. The molecule has 1 atom stereocenters. The monoisotopic (exact) mass is 582 g/mol. The Balaban J connectivity index is 1.58. The van der Waals surface area contributed by atoms with Crippen molar-refractivity contribution >= 4 is 35.3 Å². The van der Waals surface area contributed by atoms with Gasteiger partial charge in [0, 0.05) is 6.92 Å². The first kappa shape index (κ1) is 28.4. The van der Waals surface area contributed by atoms with E-state index in [1.54, 1.807) is 61.5 Å². The second kappa shape index (κ2) is 12.2. The van der Waals surface area contributed by atoms with Crippen LogP contribution in [0.5, 0.6) is 5.75 Å². The largest absolute Gasteiger partial charge is 0.465 e. The zero-order valence-corrected chi connectivity index (χ0v) is 23.8. The molecule has 0 saturated carbocycles. The first-order valence-corrected chi connectivity index (χ1v) is 13.8. The Labute approximate surface area is 244 Å². The van der Waals surface area contributed by atoms with Crippen LogP contribution in [0.4, 0.5) is 0 Å². The lowest BCUT2D eigenvalue weighted by Gasteiger charge is -2.25. The standard InChI is InChI=1S/C32H26N2O7S/c1-19-27(31(38)40-18-22-7-5-4-6-8-22)28(23-11-13-24(14-12-23)30(37)39-3)34-29(36)26(42-32(34)33-19)17-21-9-15-25(16-10-21)41-20(2)35/h4-17,28H,18H2,1-3H3. The Bertz CT molecular complexity index is 1870. The summed E-state index contributed by atoms with van der Waals surface area (Å²) >= 11 is 1.19. The van der Waals surface area contributed by atoms with E-state index in [2.05, 4.69) is 4.99 Å². The molecule has 1 unspecified atom stereocenters. The highest BCUT2D eigenvalue weighted by molar-refractivity contribution is 7.07. The Kier molecular flexibility index (Phi) is 8.26. The minimum Gasteiger partial charge on any atom is -0.465 e. The summed E-state index contributed by atoms with van der Waals surface area (Å²) in [5.41, 5.74) is 2.77. The van der Waals surface area contributed by atoms with E-state index in [0.717, 1.165) is 5.56 Å². The van der Waals surface area contributed by atoms with Crippen LogP contribution in [0, 0.1) is 0 Å². The van der Waals surface area contributed by atoms with Gasteiger partial charge in [0.05, 0.1) is 34.5 Å². The molecule has 1 aromatic heterocycles. The van der Waals surface area contributed by atoms with Crippen molar-refractivity contribution in [2.45, 2.75) is 26.5 Å². The molecule has 1 aliphatic rings. The van der Waals surface area contributed by atoms with E-state index in [1.807, 2.05) is 30.3 Å². The zero-order valence-electron chi connectivity index (χ0n) is 23.0. The van der Waals surface area contributed by atoms with Crippen molar-refractivity contribution < 1.29 is 28.6 Å². The maximum Gasteiger partial charge on any atom is 0.338 e. The van der Waals surface area contributed by atoms with Crippen molar-refractivity contribution in [1.82, 2.24) is 4.57 Å². The van der Waals surface area contributed by atoms with Crippen LogP contribution in [0.2, 0.25) is 0 Å². The van der Waals surface area contributed by atoms with Crippen molar-refractivity contribution in [2.24, 2.45) is 4.99 Å². The van der Waals surface area contributed by atoms with Gasteiger partial charge >= 0.3 is 17.9 Å². The number of nitrogens with zero attached hydrogens (tertiary/aromatic N) is 2. The third-order valence-corrected chi connectivity index (χ3v) is 7.52. The molecule has 2 heterocycles. The smallest absolute Gasteiger partial charge is 0.338 e. The Morgan fingerprint density at radius 3 is 2.29 bits per heavy atom. The number of fused-ring (bicyclic) bond motifs is 1. The van der Waals surface area contributed by atoms with E-state index in [0.29, 0.717) is 37.5 Å². The van der Waals surface area contributed by atoms with Crippen LogP contribution >= 0.6 is 11.3 Å². The van der Waals surface area contributed by atoms with Crippen LogP contribution in [0.1, 0.15) is 46.9 Å². The normalized spacial score (nSPS) is 14.5. The second-order valence-electron chi connectivity index (χ2n) is 9.42. The van der Waals surface area contributed by atoms with E-state index in [1.165, 1.54) is 29.9 Å². The summed E-state index contributed by atoms with van der Waals surface area (Å²) in [6.45, 7) is 3.08. The topological polar surface area (TPSA) is 113 Å². The molecule has 3 aromatic carbocycles. The van der Waals surface area contributed by atoms with Crippen molar-refractivity contribution in [3.63, 3.8) is 0 Å². The summed E-state index contributed by atoms with van der Waals surface area (Å²) in [7, 11) is 1.30. The molecule has 42 heavy (non-hydrogen) atoms. The lowest BCUT2D eigenvalue weighted by Crippen LogP contribution is -2.39. The average Bonchev–Trinajstić information content (AvgIpc) is 3.29. The number of hydrogen-bond donors (Lipinski definition) is 0. The van der Waals surface area contributed by atoms with Gasteiger partial charge in [-0.25, -0.2) is 14.6 Å². The molecule has 0 amide bonds. The Hall–Kier alpha value is -5.09. The predicted octanol–water partition coefficient (Wildman–Crippen LogP) is 3.69. The highest BCUT2D eigenvalue weighted by atomic mass is 32.1. The number of allylic oxidation sites excluding steroid dienone is 1. The molecule has 0 bridgehead atoms. The molecule has 0 spiro atoms. The van der Waals surface area contributed by atoms with Crippen LogP contribution in [0.25, 0.3) is 6.08 Å². The quantitative estimate of drug-likeness (QED) is 0.241. The molecule has 9 nitrogen and oxygen atoms in total. The van der Waals surface area contributed by atoms with E-state index in [-0.39, 0.29) is 17.7 Å². The Morgan fingerprint density at radius 1 is 0.952 bits per heavy atom.